The molecular formula is C22H29N7O4. The lowest BCUT2D eigenvalue weighted by molar-refractivity contribution is -0.161. The Balaban J connectivity index is 1.36. The molecule has 1 aromatic heterocycles. The van der Waals surface area contributed by atoms with Crippen molar-refractivity contribution in [3.63, 3.8) is 0 Å². The van der Waals surface area contributed by atoms with Crippen LogP contribution < -0.4 is 22.1 Å². The first kappa shape index (κ1) is 22.9. The van der Waals surface area contributed by atoms with Crippen molar-refractivity contribution < 1.29 is 14.7 Å². The lowest BCUT2D eigenvalue weighted by Gasteiger charge is -2.47. The summed E-state index contributed by atoms with van der Waals surface area (Å²) in [6, 6.07) is 8.79. The lowest BCUT2D eigenvalue weighted by Crippen LogP contribution is -2.60. The van der Waals surface area contributed by atoms with Gasteiger partial charge in [0.1, 0.15) is 5.82 Å². The van der Waals surface area contributed by atoms with Crippen LogP contribution >= 0.6 is 0 Å². The third-order valence-corrected chi connectivity index (χ3v) is 6.19. The van der Waals surface area contributed by atoms with Crippen molar-refractivity contribution in [3.8, 4) is 5.69 Å². The van der Waals surface area contributed by atoms with Crippen LogP contribution in [-0.4, -0.2) is 82.3 Å². The Bertz CT molecular complexity index is 1060. The molecule has 0 aliphatic carbocycles. The highest BCUT2D eigenvalue weighted by Crippen LogP contribution is 2.35. The zero-order chi connectivity index (χ0) is 23.4. The number of carbonyl (C=O) groups excluding carboxylic acids is 1. The lowest BCUT2D eigenvalue weighted by atomic mass is 9.76. The maximum absolute atomic E-state index is 12.5. The number of anilines is 1. The molecule has 2 aliphatic heterocycles. The fourth-order valence-electron chi connectivity index (χ4n) is 4.34. The van der Waals surface area contributed by atoms with Gasteiger partial charge in [0.2, 0.25) is 0 Å². The summed E-state index contributed by atoms with van der Waals surface area (Å²) < 4.78 is 1.41. The van der Waals surface area contributed by atoms with E-state index in [-0.39, 0.29) is 11.8 Å². The molecule has 0 radical (unpaired) electrons. The SMILES string of the molecule is NCCC1(C(=O)O)CN(Cc2ccc(-n3ccc(NC(=O)N4CCNCC4)nc3=O)cc2)C1. The van der Waals surface area contributed by atoms with Crippen LogP contribution in [0.25, 0.3) is 5.69 Å². The summed E-state index contributed by atoms with van der Waals surface area (Å²) >= 11 is 0. The van der Waals surface area contributed by atoms with Gasteiger partial charge < -0.3 is 21.1 Å². The maximum Gasteiger partial charge on any atom is 0.354 e. The van der Waals surface area contributed by atoms with E-state index in [1.54, 1.807) is 17.2 Å². The number of carboxylic acids is 1. The Hall–Kier alpha value is -3.28. The van der Waals surface area contributed by atoms with Gasteiger partial charge in [0, 0.05) is 52.0 Å². The molecule has 0 saturated carbocycles. The van der Waals surface area contributed by atoms with Crippen LogP contribution in [0.2, 0.25) is 0 Å². The third-order valence-electron chi connectivity index (χ3n) is 6.19. The van der Waals surface area contributed by atoms with Crippen molar-refractivity contribution in [1.29, 1.82) is 0 Å². The number of rotatable bonds is 7. The highest BCUT2D eigenvalue weighted by atomic mass is 16.4. The van der Waals surface area contributed by atoms with Gasteiger partial charge in [-0.25, -0.2) is 9.59 Å². The topological polar surface area (TPSA) is 146 Å². The number of aromatic nitrogens is 2. The second-order valence-corrected chi connectivity index (χ2v) is 8.57. The van der Waals surface area contributed by atoms with E-state index in [1.807, 2.05) is 24.3 Å². The van der Waals surface area contributed by atoms with Gasteiger partial charge in [-0.15, -0.1) is 0 Å². The fraction of sp³-hybridized carbons (Fsp3) is 0.455. The minimum atomic E-state index is -0.793. The van der Waals surface area contributed by atoms with Crippen molar-refractivity contribution in [2.45, 2.75) is 13.0 Å². The van der Waals surface area contributed by atoms with Crippen molar-refractivity contribution in [1.82, 2.24) is 24.7 Å². The van der Waals surface area contributed by atoms with Gasteiger partial charge in [-0.1, -0.05) is 12.1 Å². The number of aliphatic carboxylic acids is 1. The summed E-state index contributed by atoms with van der Waals surface area (Å²) in [5, 5.41) is 15.3. The van der Waals surface area contributed by atoms with Crippen LogP contribution in [0.15, 0.2) is 41.3 Å². The number of amides is 2. The number of hydrogen-bond donors (Lipinski definition) is 4. The molecule has 5 N–H and O–H groups in total. The van der Waals surface area contributed by atoms with Crippen molar-refractivity contribution in [2.24, 2.45) is 11.1 Å². The fourth-order valence-corrected chi connectivity index (χ4v) is 4.34. The number of benzene rings is 1. The summed E-state index contributed by atoms with van der Waals surface area (Å²) in [4.78, 5) is 44.1. The molecule has 0 atom stereocenters. The van der Waals surface area contributed by atoms with Crippen molar-refractivity contribution in [2.75, 3.05) is 51.1 Å². The molecule has 2 fully saturated rings. The van der Waals surface area contributed by atoms with Gasteiger partial charge in [0.05, 0.1) is 11.1 Å². The molecule has 2 aliphatic rings. The summed E-state index contributed by atoms with van der Waals surface area (Å²) in [6.45, 7) is 4.64. The van der Waals surface area contributed by atoms with Crippen LogP contribution in [0.3, 0.4) is 0 Å². The average Bonchev–Trinajstić information content (AvgIpc) is 2.78. The molecule has 2 saturated heterocycles. The first-order chi connectivity index (χ1) is 15.9. The molecule has 3 heterocycles. The Kier molecular flexibility index (Phi) is 6.72. The predicted octanol–water partition coefficient (Wildman–Crippen LogP) is -0.0950. The quantitative estimate of drug-likeness (QED) is 0.453. The molecule has 33 heavy (non-hydrogen) atoms. The van der Waals surface area contributed by atoms with Crippen molar-refractivity contribution in [3.05, 3.63) is 52.6 Å². The number of nitrogens with one attached hydrogen (secondary N) is 2. The number of likely N-dealkylation sites (tertiary alicyclic amines) is 1. The summed E-state index contributed by atoms with van der Waals surface area (Å²) in [7, 11) is 0. The Labute approximate surface area is 191 Å². The van der Waals surface area contributed by atoms with Crippen LogP contribution in [0.5, 0.6) is 0 Å². The summed E-state index contributed by atoms with van der Waals surface area (Å²) in [5.41, 5.74) is 6.02. The molecule has 11 nitrogen and oxygen atoms in total. The van der Waals surface area contributed by atoms with Crippen LogP contribution in [0.4, 0.5) is 10.6 Å². The van der Waals surface area contributed by atoms with E-state index in [0.29, 0.717) is 51.4 Å². The Morgan fingerprint density at radius 3 is 2.45 bits per heavy atom. The molecule has 11 heteroatoms. The van der Waals surface area contributed by atoms with Gasteiger partial charge in [0.15, 0.2) is 0 Å². The van der Waals surface area contributed by atoms with E-state index in [9.17, 15) is 19.5 Å². The van der Waals surface area contributed by atoms with Crippen LogP contribution in [0, 0.1) is 5.41 Å². The number of urea groups is 1. The second kappa shape index (κ2) is 9.69. The van der Waals surface area contributed by atoms with E-state index in [2.05, 4.69) is 20.5 Å². The standard InChI is InChI=1S/C22H29N7O4/c23-7-6-22(19(30)31)14-27(15-22)13-16-1-3-17(4-2-16)29-10-5-18(26-21(29)33)25-20(32)28-11-8-24-9-12-28/h1-5,10,24H,6-9,11-15,23H2,(H,30,31)(H,25,26,32,33). The largest absolute Gasteiger partial charge is 0.481 e. The van der Waals surface area contributed by atoms with E-state index in [0.717, 1.165) is 18.7 Å². The van der Waals surface area contributed by atoms with Gasteiger partial charge >= 0.3 is 17.7 Å². The normalized spacial score (nSPS) is 17.9. The smallest absolute Gasteiger partial charge is 0.354 e. The zero-order valence-corrected chi connectivity index (χ0v) is 18.4. The monoisotopic (exact) mass is 455 g/mol. The van der Waals surface area contributed by atoms with E-state index < -0.39 is 17.1 Å². The molecular weight excluding hydrogens is 426 g/mol. The average molecular weight is 456 g/mol. The Morgan fingerprint density at radius 1 is 1.15 bits per heavy atom. The number of piperazine rings is 1. The zero-order valence-electron chi connectivity index (χ0n) is 18.4. The molecule has 176 valence electrons. The van der Waals surface area contributed by atoms with E-state index in [1.165, 1.54) is 4.57 Å². The highest BCUT2D eigenvalue weighted by molar-refractivity contribution is 5.88. The maximum atomic E-state index is 12.5. The number of hydrogen-bond acceptors (Lipinski definition) is 7. The highest BCUT2D eigenvalue weighted by Gasteiger charge is 2.48. The first-order valence-electron chi connectivity index (χ1n) is 11.0. The minimum absolute atomic E-state index is 0.216. The van der Waals surface area contributed by atoms with Gasteiger partial charge in [-0.05, 0) is 36.7 Å². The van der Waals surface area contributed by atoms with Crippen molar-refractivity contribution >= 4 is 17.8 Å². The molecule has 1 aromatic carbocycles. The van der Waals surface area contributed by atoms with Crippen LogP contribution in [-0.2, 0) is 11.3 Å². The molecule has 4 rings (SSSR count). The summed E-state index contributed by atoms with van der Waals surface area (Å²) in [6.07, 6.45) is 2.06. The predicted molar refractivity (Wildman–Crippen MR) is 122 cm³/mol. The molecule has 0 unspecified atom stereocenters. The van der Waals surface area contributed by atoms with Gasteiger partial charge in [-0.3, -0.25) is 19.6 Å². The number of nitrogens with zero attached hydrogens (tertiary/aromatic N) is 4. The van der Waals surface area contributed by atoms with Gasteiger partial charge in [0.25, 0.3) is 0 Å². The van der Waals surface area contributed by atoms with E-state index >= 15 is 0 Å². The number of carboxylic acid groups (broad SMARTS) is 1. The number of nitrogens with two attached hydrogens (primary N) is 1. The number of carbonyl (C=O) groups is 2. The first-order valence-corrected chi connectivity index (χ1v) is 11.0. The van der Waals surface area contributed by atoms with E-state index in [4.69, 9.17) is 5.73 Å². The molecule has 0 bridgehead atoms. The second-order valence-electron chi connectivity index (χ2n) is 8.57. The van der Waals surface area contributed by atoms with Crippen LogP contribution in [0.1, 0.15) is 12.0 Å². The summed E-state index contributed by atoms with van der Waals surface area (Å²) in [5.74, 6) is -0.576. The third kappa shape index (κ3) is 5.05. The molecule has 2 aromatic rings. The van der Waals surface area contributed by atoms with Gasteiger partial charge in [-0.2, -0.15) is 4.98 Å². The molecule has 0 spiro atoms. The molecule has 2 amide bonds. The minimum Gasteiger partial charge on any atom is -0.481 e. The Morgan fingerprint density at radius 2 is 1.85 bits per heavy atom.